The van der Waals surface area contributed by atoms with Gasteiger partial charge >= 0.3 is 11.4 Å². The van der Waals surface area contributed by atoms with Gasteiger partial charge in [-0.3, -0.25) is 20.2 Å². The van der Waals surface area contributed by atoms with Gasteiger partial charge in [-0.2, -0.15) is 0 Å². The lowest BCUT2D eigenvalue weighted by atomic mass is 10.1. The Bertz CT molecular complexity index is 470. The van der Waals surface area contributed by atoms with Crippen LogP contribution in [0.25, 0.3) is 0 Å². The largest absolute Gasteiger partial charge is 0.497 e. The molecule has 0 aliphatic rings. The second kappa shape index (κ2) is 4.01. The predicted molar refractivity (Wildman–Crippen MR) is 52.7 cm³/mol. The maximum atomic E-state index is 10.7. The minimum absolute atomic E-state index is 0.187. The zero-order valence-corrected chi connectivity index (χ0v) is 8.46. The third-order valence-electron chi connectivity index (χ3n) is 1.98. The average Bonchev–Trinajstić information content (AvgIpc) is 2.19. The second-order valence-corrected chi connectivity index (χ2v) is 2.96. The Morgan fingerprint density at radius 3 is 2.25 bits per heavy atom. The van der Waals surface area contributed by atoms with E-state index in [1.54, 1.807) is 0 Å². The number of phenols is 1. The molecular formula is C8H8N2O6. The first kappa shape index (κ1) is 11.7. The van der Waals surface area contributed by atoms with Crippen molar-refractivity contribution in [2.24, 2.45) is 0 Å². The highest BCUT2D eigenvalue weighted by atomic mass is 16.6. The molecule has 16 heavy (non-hydrogen) atoms. The van der Waals surface area contributed by atoms with Crippen LogP contribution in [-0.2, 0) is 0 Å². The van der Waals surface area contributed by atoms with Gasteiger partial charge in [-0.25, -0.2) is 0 Å². The number of hydrogen-bond donors (Lipinski definition) is 1. The van der Waals surface area contributed by atoms with E-state index in [0.29, 0.717) is 0 Å². The molecule has 0 saturated carbocycles. The summed E-state index contributed by atoms with van der Waals surface area (Å²) in [7, 11) is 1.18. The van der Waals surface area contributed by atoms with Crippen LogP contribution >= 0.6 is 0 Å². The zero-order valence-electron chi connectivity index (χ0n) is 8.46. The average molecular weight is 228 g/mol. The van der Waals surface area contributed by atoms with E-state index in [4.69, 9.17) is 4.74 Å². The minimum Gasteiger partial charge on any atom is -0.497 e. The van der Waals surface area contributed by atoms with E-state index in [0.717, 1.165) is 6.07 Å². The first-order valence-electron chi connectivity index (χ1n) is 4.09. The van der Waals surface area contributed by atoms with Gasteiger partial charge in [0.25, 0.3) is 5.75 Å². The molecular weight excluding hydrogens is 220 g/mol. The number of benzene rings is 1. The Balaban J connectivity index is 3.65. The molecule has 0 spiro atoms. The van der Waals surface area contributed by atoms with Crippen molar-refractivity contribution in [3.8, 4) is 11.5 Å². The van der Waals surface area contributed by atoms with Gasteiger partial charge in [0.15, 0.2) is 0 Å². The fourth-order valence-electron chi connectivity index (χ4n) is 1.32. The smallest absolute Gasteiger partial charge is 0.359 e. The number of methoxy groups -OCH3 is 1. The summed E-state index contributed by atoms with van der Waals surface area (Å²) in [6.45, 7) is 1.41. The third kappa shape index (κ3) is 1.72. The van der Waals surface area contributed by atoms with Crippen LogP contribution in [0, 0.1) is 27.2 Å². The maximum Gasteiger partial charge on any atom is 0.359 e. The zero-order chi connectivity index (χ0) is 12.5. The molecule has 0 heterocycles. The van der Waals surface area contributed by atoms with Crippen molar-refractivity contribution < 1.29 is 19.7 Å². The summed E-state index contributed by atoms with van der Waals surface area (Å²) in [4.78, 5) is 19.4. The van der Waals surface area contributed by atoms with Crippen LogP contribution in [0.1, 0.15) is 5.56 Å². The highest BCUT2D eigenvalue weighted by Crippen LogP contribution is 2.44. The molecule has 0 aromatic heterocycles. The van der Waals surface area contributed by atoms with Crippen LogP contribution in [0.5, 0.6) is 11.5 Å². The number of nitrogens with zero attached hydrogens (tertiary/aromatic N) is 2. The molecule has 8 heteroatoms. The molecule has 0 unspecified atom stereocenters. The van der Waals surface area contributed by atoms with E-state index >= 15 is 0 Å². The van der Waals surface area contributed by atoms with E-state index in [9.17, 15) is 25.3 Å². The number of aromatic hydroxyl groups is 1. The van der Waals surface area contributed by atoms with Gasteiger partial charge < -0.3 is 9.84 Å². The topological polar surface area (TPSA) is 116 Å². The number of rotatable bonds is 3. The van der Waals surface area contributed by atoms with Crippen molar-refractivity contribution in [3.05, 3.63) is 31.9 Å². The van der Waals surface area contributed by atoms with Crippen molar-refractivity contribution in [1.82, 2.24) is 0 Å². The number of hydrogen-bond acceptors (Lipinski definition) is 6. The SMILES string of the molecule is COc1c(C)cc([N+](=O)[O-])c(O)c1[N+](=O)[O-]. The molecule has 1 aromatic rings. The molecule has 1 N–H and O–H groups in total. The van der Waals surface area contributed by atoms with Gasteiger partial charge in [-0.1, -0.05) is 0 Å². The summed E-state index contributed by atoms with van der Waals surface area (Å²) < 4.78 is 4.73. The standard InChI is InChI=1S/C8H8N2O6/c1-4-3-5(9(12)13)7(11)6(10(14)15)8(4)16-2/h3,11H,1-2H3. The van der Waals surface area contributed by atoms with Crippen molar-refractivity contribution >= 4 is 11.4 Å². The van der Waals surface area contributed by atoms with Crippen LogP contribution in [0.15, 0.2) is 6.07 Å². The van der Waals surface area contributed by atoms with E-state index < -0.39 is 27.0 Å². The van der Waals surface area contributed by atoms with Crippen molar-refractivity contribution in [2.75, 3.05) is 7.11 Å². The molecule has 0 atom stereocenters. The quantitative estimate of drug-likeness (QED) is 0.619. The summed E-state index contributed by atoms with van der Waals surface area (Å²) in [5.74, 6) is -1.19. The molecule has 0 amide bonds. The van der Waals surface area contributed by atoms with Crippen LogP contribution in [0.4, 0.5) is 11.4 Å². The van der Waals surface area contributed by atoms with E-state index in [1.165, 1.54) is 14.0 Å². The molecule has 8 nitrogen and oxygen atoms in total. The van der Waals surface area contributed by atoms with Gasteiger partial charge in [0.2, 0.25) is 5.75 Å². The molecule has 0 fully saturated rings. The van der Waals surface area contributed by atoms with E-state index in [-0.39, 0.29) is 11.3 Å². The summed E-state index contributed by atoms with van der Waals surface area (Å²) >= 11 is 0. The molecule has 1 rings (SSSR count). The molecule has 1 aromatic carbocycles. The molecule has 0 bridgehead atoms. The lowest BCUT2D eigenvalue weighted by Crippen LogP contribution is -1.99. The highest BCUT2D eigenvalue weighted by molar-refractivity contribution is 5.69. The molecule has 0 aliphatic carbocycles. The van der Waals surface area contributed by atoms with Gasteiger partial charge in [0, 0.05) is 11.6 Å². The molecule has 0 radical (unpaired) electrons. The lowest BCUT2D eigenvalue weighted by Gasteiger charge is -2.06. The molecule has 0 aliphatic heterocycles. The lowest BCUT2D eigenvalue weighted by molar-refractivity contribution is -0.396. The van der Waals surface area contributed by atoms with Crippen LogP contribution in [0.3, 0.4) is 0 Å². The number of nitro groups is 2. The molecule has 86 valence electrons. The summed E-state index contributed by atoms with van der Waals surface area (Å²) in [6.07, 6.45) is 0. The fraction of sp³-hybridized carbons (Fsp3) is 0.250. The maximum absolute atomic E-state index is 10.7. The minimum atomic E-state index is -1.00. The van der Waals surface area contributed by atoms with Crippen LogP contribution in [0.2, 0.25) is 0 Å². The number of aryl methyl sites for hydroxylation is 1. The van der Waals surface area contributed by atoms with Gasteiger partial charge in [-0.15, -0.1) is 0 Å². The van der Waals surface area contributed by atoms with Gasteiger partial charge in [0.05, 0.1) is 17.0 Å². The monoisotopic (exact) mass is 228 g/mol. The van der Waals surface area contributed by atoms with Crippen LogP contribution < -0.4 is 4.74 Å². The first-order chi connectivity index (χ1) is 7.40. The summed E-state index contributed by atoms with van der Waals surface area (Å²) in [6, 6.07) is 1.02. The Morgan fingerprint density at radius 2 is 1.88 bits per heavy atom. The third-order valence-corrected chi connectivity index (χ3v) is 1.98. The van der Waals surface area contributed by atoms with E-state index in [1.807, 2.05) is 0 Å². The number of nitro benzene ring substituents is 2. The number of ether oxygens (including phenoxy) is 1. The van der Waals surface area contributed by atoms with Crippen molar-refractivity contribution in [1.29, 1.82) is 0 Å². The summed E-state index contributed by atoms with van der Waals surface area (Å²) in [5, 5.41) is 30.6. The molecule has 0 saturated heterocycles. The highest BCUT2D eigenvalue weighted by Gasteiger charge is 2.31. The predicted octanol–water partition coefficient (Wildman–Crippen LogP) is 1.53. The normalized spacial score (nSPS) is 9.88. The second-order valence-electron chi connectivity index (χ2n) is 2.96. The van der Waals surface area contributed by atoms with Crippen molar-refractivity contribution in [3.63, 3.8) is 0 Å². The Morgan fingerprint density at radius 1 is 1.31 bits per heavy atom. The van der Waals surface area contributed by atoms with E-state index in [2.05, 4.69) is 0 Å². The Labute approximate surface area is 89.4 Å². The van der Waals surface area contributed by atoms with Gasteiger partial charge in [0.1, 0.15) is 0 Å². The fourth-order valence-corrected chi connectivity index (χ4v) is 1.32. The Hall–Kier alpha value is -2.38. The Kier molecular flexibility index (Phi) is 2.93. The van der Waals surface area contributed by atoms with Crippen molar-refractivity contribution in [2.45, 2.75) is 6.92 Å². The van der Waals surface area contributed by atoms with Crippen LogP contribution in [-0.4, -0.2) is 22.1 Å². The van der Waals surface area contributed by atoms with Gasteiger partial charge in [-0.05, 0) is 6.92 Å². The number of phenolic OH excluding ortho intramolecular Hbond substituents is 1. The first-order valence-corrected chi connectivity index (χ1v) is 4.09. The summed E-state index contributed by atoms with van der Waals surface area (Å²) in [5.41, 5.74) is -1.31.